The van der Waals surface area contributed by atoms with Crippen LogP contribution in [-0.4, -0.2) is 38.8 Å². The first-order chi connectivity index (χ1) is 8.13. The number of aliphatic hydroxyl groups excluding tert-OH is 1. The number of ether oxygens (including phenoxy) is 3. The highest BCUT2D eigenvalue weighted by Crippen LogP contribution is 2.21. The van der Waals surface area contributed by atoms with E-state index in [9.17, 15) is 9.50 Å². The number of hydrogen-bond donors (Lipinski definition) is 1. The van der Waals surface area contributed by atoms with Gasteiger partial charge < -0.3 is 19.3 Å². The molecule has 1 rings (SSSR count). The summed E-state index contributed by atoms with van der Waals surface area (Å²) in [4.78, 5) is 0. The fraction of sp³-hybridized carbons (Fsp3) is 0.500. The number of hydrogen-bond acceptors (Lipinski definition) is 4. The molecule has 1 aromatic carbocycles. The number of halogens is 1. The molecule has 4 nitrogen and oxygen atoms in total. The zero-order valence-electron chi connectivity index (χ0n) is 10.1. The topological polar surface area (TPSA) is 47.9 Å². The summed E-state index contributed by atoms with van der Waals surface area (Å²) in [5, 5.41) is 9.79. The van der Waals surface area contributed by atoms with Crippen molar-refractivity contribution >= 4 is 0 Å². The van der Waals surface area contributed by atoms with E-state index in [1.807, 2.05) is 0 Å². The second-order valence-electron chi connectivity index (χ2n) is 3.54. The van der Waals surface area contributed by atoms with Crippen LogP contribution in [0.1, 0.15) is 5.56 Å². The van der Waals surface area contributed by atoms with E-state index in [-0.39, 0.29) is 12.2 Å². The van der Waals surface area contributed by atoms with Gasteiger partial charge >= 0.3 is 0 Å². The Morgan fingerprint density at radius 3 is 2.41 bits per heavy atom. The smallest absolute Gasteiger partial charge is 0.183 e. The molecule has 0 radical (unpaired) electrons. The molecule has 0 saturated carbocycles. The van der Waals surface area contributed by atoms with Gasteiger partial charge in [-0.05, 0) is 11.6 Å². The normalized spacial score (nSPS) is 12.8. The van der Waals surface area contributed by atoms with Crippen molar-refractivity contribution < 1.29 is 23.7 Å². The van der Waals surface area contributed by atoms with Gasteiger partial charge in [-0.1, -0.05) is 12.1 Å². The van der Waals surface area contributed by atoms with E-state index >= 15 is 0 Å². The average molecular weight is 244 g/mol. The van der Waals surface area contributed by atoms with Crippen molar-refractivity contribution in [2.45, 2.75) is 18.8 Å². The highest BCUT2D eigenvalue weighted by atomic mass is 19.1. The molecule has 0 bridgehead atoms. The molecule has 0 fully saturated rings. The monoisotopic (exact) mass is 244 g/mol. The Morgan fingerprint density at radius 1 is 1.24 bits per heavy atom. The summed E-state index contributed by atoms with van der Waals surface area (Å²) in [6, 6.07) is 4.78. The van der Waals surface area contributed by atoms with Gasteiger partial charge in [-0.3, -0.25) is 0 Å². The molecule has 1 unspecified atom stereocenters. The molecule has 0 saturated heterocycles. The molecule has 1 N–H and O–H groups in total. The van der Waals surface area contributed by atoms with Crippen molar-refractivity contribution in [3.63, 3.8) is 0 Å². The Kier molecular flexibility index (Phi) is 5.34. The van der Waals surface area contributed by atoms with E-state index in [0.29, 0.717) is 5.56 Å². The number of methoxy groups -OCH3 is 3. The Balaban J connectivity index is 2.81. The maximum Gasteiger partial charge on any atom is 0.183 e. The highest BCUT2D eigenvalue weighted by Gasteiger charge is 2.20. The van der Waals surface area contributed by atoms with Crippen molar-refractivity contribution in [2.75, 3.05) is 21.3 Å². The van der Waals surface area contributed by atoms with E-state index in [2.05, 4.69) is 0 Å². The molecule has 1 aromatic rings. The predicted molar refractivity (Wildman–Crippen MR) is 60.5 cm³/mol. The van der Waals surface area contributed by atoms with Crippen LogP contribution in [0.5, 0.6) is 5.75 Å². The van der Waals surface area contributed by atoms with E-state index in [1.54, 1.807) is 12.1 Å². The minimum Gasteiger partial charge on any atom is -0.494 e. The van der Waals surface area contributed by atoms with Gasteiger partial charge in [-0.25, -0.2) is 4.39 Å². The van der Waals surface area contributed by atoms with Crippen molar-refractivity contribution in [2.24, 2.45) is 0 Å². The first-order valence-corrected chi connectivity index (χ1v) is 5.19. The molecule has 17 heavy (non-hydrogen) atoms. The average Bonchev–Trinajstić information content (AvgIpc) is 2.33. The standard InChI is InChI=1S/C12H17FO4/c1-15-10-6-4-5-8(11(10)13)7-9(14)12(16-2)17-3/h4-6,9,12,14H,7H2,1-3H3. The van der Waals surface area contributed by atoms with Gasteiger partial charge in [0, 0.05) is 20.6 Å². The Labute approximate surface area is 99.9 Å². The Morgan fingerprint density at radius 2 is 1.88 bits per heavy atom. The molecular formula is C12H17FO4. The molecule has 0 amide bonds. The van der Waals surface area contributed by atoms with Gasteiger partial charge in [-0.15, -0.1) is 0 Å². The van der Waals surface area contributed by atoms with Gasteiger partial charge in [-0.2, -0.15) is 0 Å². The van der Waals surface area contributed by atoms with E-state index in [4.69, 9.17) is 14.2 Å². The Bertz CT molecular complexity index is 352. The summed E-state index contributed by atoms with van der Waals surface area (Å²) in [6.45, 7) is 0. The zero-order valence-corrected chi connectivity index (χ0v) is 10.1. The maximum atomic E-state index is 13.8. The summed E-state index contributed by atoms with van der Waals surface area (Å²) in [7, 11) is 4.23. The lowest BCUT2D eigenvalue weighted by Crippen LogP contribution is -2.31. The van der Waals surface area contributed by atoms with Crippen LogP contribution in [0.4, 0.5) is 4.39 Å². The molecule has 0 aliphatic carbocycles. The van der Waals surface area contributed by atoms with Crippen LogP contribution in [0.2, 0.25) is 0 Å². The second kappa shape index (κ2) is 6.54. The van der Waals surface area contributed by atoms with Crippen LogP contribution in [-0.2, 0) is 15.9 Å². The Hall–Kier alpha value is -1.17. The molecule has 0 aliphatic rings. The predicted octanol–water partition coefficient (Wildman–Crippen LogP) is 1.36. The van der Waals surface area contributed by atoms with Crippen molar-refractivity contribution in [3.8, 4) is 5.75 Å². The third-order valence-electron chi connectivity index (χ3n) is 2.47. The number of rotatable bonds is 6. The molecule has 0 spiro atoms. The van der Waals surface area contributed by atoms with Crippen LogP contribution in [0.25, 0.3) is 0 Å². The summed E-state index contributed by atoms with van der Waals surface area (Å²) < 4.78 is 28.5. The summed E-state index contributed by atoms with van der Waals surface area (Å²) in [5.74, 6) is -0.318. The van der Waals surface area contributed by atoms with Crippen LogP contribution >= 0.6 is 0 Å². The van der Waals surface area contributed by atoms with E-state index in [0.717, 1.165) is 0 Å². The van der Waals surface area contributed by atoms with E-state index < -0.39 is 18.2 Å². The first kappa shape index (κ1) is 13.9. The first-order valence-electron chi connectivity index (χ1n) is 5.19. The lowest BCUT2D eigenvalue weighted by Gasteiger charge is -2.20. The van der Waals surface area contributed by atoms with Gasteiger partial charge in [0.1, 0.15) is 6.10 Å². The molecule has 0 aromatic heterocycles. The van der Waals surface area contributed by atoms with Crippen molar-refractivity contribution in [3.05, 3.63) is 29.6 Å². The minimum absolute atomic E-state index is 0.0926. The molecule has 96 valence electrons. The molecular weight excluding hydrogens is 227 g/mol. The van der Waals surface area contributed by atoms with Crippen LogP contribution in [0.15, 0.2) is 18.2 Å². The summed E-state index contributed by atoms with van der Waals surface area (Å²) in [5.41, 5.74) is 0.357. The fourth-order valence-electron chi connectivity index (χ4n) is 1.60. The van der Waals surface area contributed by atoms with Gasteiger partial charge in [0.15, 0.2) is 17.9 Å². The molecule has 1 atom stereocenters. The SMILES string of the molecule is COc1cccc(CC(O)C(OC)OC)c1F. The summed E-state index contributed by atoms with van der Waals surface area (Å²) in [6.07, 6.45) is -1.62. The quantitative estimate of drug-likeness (QED) is 0.767. The van der Waals surface area contributed by atoms with Crippen LogP contribution in [0, 0.1) is 5.82 Å². The van der Waals surface area contributed by atoms with E-state index in [1.165, 1.54) is 27.4 Å². The van der Waals surface area contributed by atoms with Gasteiger partial charge in [0.25, 0.3) is 0 Å². The van der Waals surface area contributed by atoms with Crippen molar-refractivity contribution in [1.29, 1.82) is 0 Å². The third-order valence-corrected chi connectivity index (χ3v) is 2.47. The van der Waals surface area contributed by atoms with Crippen LogP contribution < -0.4 is 4.74 Å². The lowest BCUT2D eigenvalue weighted by atomic mass is 10.1. The van der Waals surface area contributed by atoms with Gasteiger partial charge in [0.2, 0.25) is 0 Å². The largest absolute Gasteiger partial charge is 0.494 e. The molecule has 0 heterocycles. The summed E-state index contributed by atoms with van der Waals surface area (Å²) >= 11 is 0. The van der Waals surface area contributed by atoms with Crippen molar-refractivity contribution in [1.82, 2.24) is 0 Å². The zero-order chi connectivity index (χ0) is 12.8. The highest BCUT2D eigenvalue weighted by molar-refractivity contribution is 5.31. The number of benzene rings is 1. The maximum absolute atomic E-state index is 13.8. The van der Waals surface area contributed by atoms with Gasteiger partial charge in [0.05, 0.1) is 7.11 Å². The second-order valence-corrected chi connectivity index (χ2v) is 3.54. The lowest BCUT2D eigenvalue weighted by molar-refractivity contribution is -0.163. The number of aliphatic hydroxyl groups is 1. The third kappa shape index (κ3) is 3.39. The minimum atomic E-state index is -0.938. The fourth-order valence-corrected chi connectivity index (χ4v) is 1.60. The van der Waals surface area contributed by atoms with Crippen LogP contribution in [0.3, 0.4) is 0 Å². The molecule has 5 heteroatoms. The molecule has 0 aliphatic heterocycles.